The predicted molar refractivity (Wildman–Crippen MR) is 68.6 cm³/mol. The van der Waals surface area contributed by atoms with Crippen molar-refractivity contribution in [2.24, 2.45) is 0 Å². The van der Waals surface area contributed by atoms with Crippen molar-refractivity contribution < 1.29 is 17.5 Å². The minimum absolute atomic E-state index is 0.110. The molecule has 0 aliphatic rings. The van der Waals surface area contributed by atoms with Crippen LogP contribution in [-0.2, 0) is 14.8 Å². The molecule has 0 spiro atoms. The van der Waals surface area contributed by atoms with E-state index >= 15 is 0 Å². The molecule has 0 fully saturated rings. The third kappa shape index (κ3) is 4.53. The van der Waals surface area contributed by atoms with Crippen LogP contribution in [0.3, 0.4) is 0 Å². The fraction of sp³-hybridized carbons (Fsp3) is 0.455. The summed E-state index contributed by atoms with van der Waals surface area (Å²) in [5.41, 5.74) is 0.527. The van der Waals surface area contributed by atoms with Crippen LogP contribution in [0.15, 0.2) is 18.2 Å². The number of benzene rings is 1. The van der Waals surface area contributed by atoms with Crippen molar-refractivity contribution in [1.29, 1.82) is 0 Å². The van der Waals surface area contributed by atoms with Crippen LogP contribution < -0.4 is 4.72 Å². The number of ether oxygens (including phenoxy) is 1. The number of rotatable bonds is 6. The third-order valence-electron chi connectivity index (χ3n) is 2.34. The third-order valence-corrected chi connectivity index (χ3v) is 4.09. The number of methoxy groups -OCH3 is 1. The zero-order valence-corrected chi connectivity index (χ0v) is 11.7. The second-order valence-corrected chi connectivity index (χ2v) is 6.10. The molecule has 1 rings (SSSR count). The first-order chi connectivity index (χ1) is 8.35. The van der Waals surface area contributed by atoms with Crippen molar-refractivity contribution in [3.05, 3.63) is 34.6 Å². The summed E-state index contributed by atoms with van der Waals surface area (Å²) >= 11 is 5.86. The lowest BCUT2D eigenvalue weighted by atomic mass is 10.1. The number of hydrogen-bond donors (Lipinski definition) is 1. The zero-order chi connectivity index (χ0) is 13.8. The molecule has 1 aromatic carbocycles. The van der Waals surface area contributed by atoms with Crippen LogP contribution in [0.2, 0.25) is 5.02 Å². The van der Waals surface area contributed by atoms with Crippen molar-refractivity contribution >= 4 is 21.6 Å². The van der Waals surface area contributed by atoms with Crippen molar-refractivity contribution in [3.8, 4) is 0 Å². The van der Waals surface area contributed by atoms with Crippen molar-refractivity contribution in [2.75, 3.05) is 19.5 Å². The van der Waals surface area contributed by atoms with E-state index in [0.29, 0.717) is 5.56 Å². The Bertz CT molecular complexity index is 507. The summed E-state index contributed by atoms with van der Waals surface area (Å²) in [7, 11) is -2.02. The monoisotopic (exact) mass is 295 g/mol. The van der Waals surface area contributed by atoms with Gasteiger partial charge in [0.1, 0.15) is 5.82 Å². The molecule has 4 nitrogen and oxygen atoms in total. The van der Waals surface area contributed by atoms with Gasteiger partial charge >= 0.3 is 0 Å². The van der Waals surface area contributed by atoms with Crippen molar-refractivity contribution in [1.82, 2.24) is 4.72 Å². The summed E-state index contributed by atoms with van der Waals surface area (Å²) in [5.74, 6) is -0.592. The van der Waals surface area contributed by atoms with E-state index < -0.39 is 21.9 Å². The molecule has 0 amide bonds. The van der Waals surface area contributed by atoms with Crippen molar-refractivity contribution in [2.45, 2.75) is 13.0 Å². The summed E-state index contributed by atoms with van der Waals surface area (Å²) in [5, 5.41) is 0.192. The van der Waals surface area contributed by atoms with Gasteiger partial charge in [-0.15, -0.1) is 0 Å². The summed E-state index contributed by atoms with van der Waals surface area (Å²) in [6.45, 7) is 1.75. The molecule has 0 saturated heterocycles. The van der Waals surface area contributed by atoms with E-state index in [9.17, 15) is 12.8 Å². The highest BCUT2D eigenvalue weighted by Gasteiger charge is 2.17. The fourth-order valence-corrected chi connectivity index (χ4v) is 2.94. The molecule has 0 aliphatic carbocycles. The average molecular weight is 296 g/mol. The smallest absolute Gasteiger partial charge is 0.214 e. The SMILES string of the molecule is COCCS(=O)(=O)N[C@H](C)c1ccc(F)cc1Cl. The van der Waals surface area contributed by atoms with E-state index in [2.05, 4.69) is 4.72 Å². The van der Waals surface area contributed by atoms with Crippen LogP contribution in [0.25, 0.3) is 0 Å². The van der Waals surface area contributed by atoms with Crippen molar-refractivity contribution in [3.63, 3.8) is 0 Å². The summed E-state index contributed by atoms with van der Waals surface area (Å²) in [6.07, 6.45) is 0. The van der Waals surface area contributed by atoms with Gasteiger partial charge < -0.3 is 4.74 Å². The Morgan fingerprint density at radius 2 is 2.17 bits per heavy atom. The second kappa shape index (κ2) is 6.47. The van der Waals surface area contributed by atoms with Crippen LogP contribution >= 0.6 is 11.6 Å². The highest BCUT2D eigenvalue weighted by atomic mass is 35.5. The molecule has 7 heteroatoms. The molecule has 0 heterocycles. The summed E-state index contributed by atoms with van der Waals surface area (Å²) in [4.78, 5) is 0. The topological polar surface area (TPSA) is 55.4 Å². The van der Waals surface area contributed by atoms with Crippen LogP contribution in [-0.4, -0.2) is 27.9 Å². The highest BCUT2D eigenvalue weighted by molar-refractivity contribution is 7.89. The van der Waals surface area contributed by atoms with E-state index in [0.717, 1.165) is 6.07 Å². The predicted octanol–water partition coefficient (Wildman–Crippen LogP) is 2.11. The van der Waals surface area contributed by atoms with E-state index in [4.69, 9.17) is 16.3 Å². The fourth-order valence-electron chi connectivity index (χ4n) is 1.44. The minimum atomic E-state index is -3.45. The van der Waals surface area contributed by atoms with Gasteiger partial charge in [-0.1, -0.05) is 17.7 Å². The highest BCUT2D eigenvalue weighted by Crippen LogP contribution is 2.24. The molecule has 18 heavy (non-hydrogen) atoms. The maximum Gasteiger partial charge on any atom is 0.214 e. The Morgan fingerprint density at radius 3 is 2.72 bits per heavy atom. The Labute approximate surface area is 111 Å². The first kappa shape index (κ1) is 15.4. The lowest BCUT2D eigenvalue weighted by Crippen LogP contribution is -2.30. The lowest BCUT2D eigenvalue weighted by molar-refractivity contribution is 0.216. The minimum Gasteiger partial charge on any atom is -0.384 e. The molecule has 1 N–H and O–H groups in total. The van der Waals surface area contributed by atoms with Crippen LogP contribution in [0.5, 0.6) is 0 Å². The molecular formula is C11H15ClFNO3S. The Balaban J connectivity index is 2.79. The molecule has 0 aromatic heterocycles. The van der Waals surface area contributed by atoms with Gasteiger partial charge in [0.05, 0.1) is 12.4 Å². The molecular weight excluding hydrogens is 281 g/mol. The first-order valence-electron chi connectivity index (χ1n) is 5.29. The number of hydrogen-bond acceptors (Lipinski definition) is 3. The molecule has 1 atom stereocenters. The zero-order valence-electron chi connectivity index (χ0n) is 10.1. The lowest BCUT2D eigenvalue weighted by Gasteiger charge is -2.15. The quantitative estimate of drug-likeness (QED) is 0.874. The molecule has 0 aliphatic heterocycles. The maximum atomic E-state index is 12.9. The van der Waals surface area contributed by atoms with Gasteiger partial charge in [0.2, 0.25) is 10.0 Å². The molecule has 0 saturated carbocycles. The van der Waals surface area contributed by atoms with Crippen LogP contribution in [0, 0.1) is 5.82 Å². The van der Waals surface area contributed by atoms with Gasteiger partial charge in [-0.25, -0.2) is 17.5 Å². The summed E-state index contributed by atoms with van der Waals surface area (Å²) < 4.78 is 43.3. The van der Waals surface area contributed by atoms with E-state index in [1.165, 1.54) is 19.2 Å². The number of halogens is 2. The van der Waals surface area contributed by atoms with Gasteiger partial charge in [0, 0.05) is 18.2 Å². The molecule has 102 valence electrons. The van der Waals surface area contributed by atoms with Gasteiger partial charge in [0.25, 0.3) is 0 Å². The number of sulfonamides is 1. The maximum absolute atomic E-state index is 12.9. The average Bonchev–Trinajstić information content (AvgIpc) is 2.25. The van der Waals surface area contributed by atoms with Gasteiger partial charge in [-0.2, -0.15) is 0 Å². The van der Waals surface area contributed by atoms with Crippen LogP contribution in [0.4, 0.5) is 4.39 Å². The Hall–Kier alpha value is -0.690. The van der Waals surface area contributed by atoms with Gasteiger partial charge in [-0.3, -0.25) is 0 Å². The first-order valence-corrected chi connectivity index (χ1v) is 7.32. The second-order valence-electron chi connectivity index (χ2n) is 3.82. The molecule has 0 radical (unpaired) electrons. The summed E-state index contributed by atoms with van der Waals surface area (Å²) in [6, 6.07) is 3.32. The Kier molecular flexibility index (Phi) is 5.52. The van der Waals surface area contributed by atoms with Gasteiger partial charge in [-0.05, 0) is 24.6 Å². The normalized spacial score (nSPS) is 13.6. The molecule has 1 aromatic rings. The largest absolute Gasteiger partial charge is 0.384 e. The van der Waals surface area contributed by atoms with E-state index in [-0.39, 0.29) is 17.4 Å². The number of nitrogens with one attached hydrogen (secondary N) is 1. The van der Waals surface area contributed by atoms with E-state index in [1.807, 2.05) is 0 Å². The van der Waals surface area contributed by atoms with E-state index in [1.54, 1.807) is 6.92 Å². The van der Waals surface area contributed by atoms with Gasteiger partial charge in [0.15, 0.2) is 0 Å². The molecule has 0 bridgehead atoms. The standard InChI is InChI=1S/C11H15ClFNO3S/c1-8(14-18(15,16)6-5-17-2)10-4-3-9(13)7-11(10)12/h3-4,7-8,14H,5-6H2,1-2H3/t8-/m1/s1. The Morgan fingerprint density at radius 1 is 1.50 bits per heavy atom. The molecule has 0 unspecified atom stereocenters. The van der Waals surface area contributed by atoms with Crippen LogP contribution in [0.1, 0.15) is 18.5 Å².